The largest absolute Gasteiger partial charge is 0.356 e. The van der Waals surface area contributed by atoms with Crippen LogP contribution in [0.5, 0.6) is 0 Å². The number of carbonyl (C=O) groups is 2. The first-order valence-electron chi connectivity index (χ1n) is 11.2. The van der Waals surface area contributed by atoms with E-state index in [4.69, 9.17) is 0 Å². The van der Waals surface area contributed by atoms with Gasteiger partial charge >= 0.3 is 0 Å². The number of piperidine rings is 1. The monoisotopic (exact) mass is 455 g/mol. The van der Waals surface area contributed by atoms with Crippen molar-refractivity contribution >= 4 is 22.7 Å². The van der Waals surface area contributed by atoms with Crippen molar-refractivity contribution in [1.29, 1.82) is 0 Å². The van der Waals surface area contributed by atoms with E-state index in [1.165, 1.54) is 18.2 Å². The highest BCUT2D eigenvalue weighted by molar-refractivity contribution is 5.92. The molecule has 0 radical (unpaired) electrons. The van der Waals surface area contributed by atoms with Crippen LogP contribution in [-0.2, 0) is 9.59 Å². The fraction of sp³-hybridized carbons (Fsp3) is 0.360. The van der Waals surface area contributed by atoms with Gasteiger partial charge in [0.05, 0.1) is 17.1 Å². The number of nitrogens with one attached hydrogen (secondary N) is 3. The molecule has 1 aromatic heterocycles. The Morgan fingerprint density at radius 3 is 2.52 bits per heavy atom. The highest BCUT2D eigenvalue weighted by Gasteiger charge is 2.35. The number of aromatic nitrogens is 1. The molecule has 0 spiro atoms. The van der Waals surface area contributed by atoms with Crippen LogP contribution < -0.4 is 10.6 Å². The minimum Gasteiger partial charge on any atom is -0.356 e. The number of carbonyl (C=O) groups excluding carboxylic acids is 2. The van der Waals surface area contributed by atoms with Crippen LogP contribution >= 0.6 is 0 Å². The lowest BCUT2D eigenvalue weighted by molar-refractivity contribution is -0.129. The molecule has 172 valence electrons. The van der Waals surface area contributed by atoms with Gasteiger partial charge in [-0.05, 0) is 72.6 Å². The summed E-state index contributed by atoms with van der Waals surface area (Å²) in [4.78, 5) is 26.8. The number of hydrogen-bond acceptors (Lipinski definition) is 2. The summed E-state index contributed by atoms with van der Waals surface area (Å²) in [6.07, 6.45) is 2.45. The van der Waals surface area contributed by atoms with E-state index >= 15 is 0 Å². The number of benzene rings is 2. The Bertz CT molecular complexity index is 1210. The standard InChI is InChI=1S/C25H24F3N3O2/c26-17-4-1-14(2-5-17)23-22(19-9-18(27)10-20(28)24(19)31-23)16-7-13(8-16)11-30-25(33)15-3-6-21(32)29-12-15/h1-2,4-5,9-10,13,15-16,31H,3,6-8,11-12H2,(H,29,32)(H,30,33)/t13-,15?,16+. The Kier molecular flexibility index (Phi) is 5.60. The van der Waals surface area contributed by atoms with Gasteiger partial charge in [0.2, 0.25) is 11.8 Å². The van der Waals surface area contributed by atoms with Crippen LogP contribution in [-0.4, -0.2) is 29.9 Å². The Hall–Kier alpha value is -3.29. The minimum atomic E-state index is -0.665. The summed E-state index contributed by atoms with van der Waals surface area (Å²) in [5.41, 5.74) is 2.44. The lowest BCUT2D eigenvalue weighted by Crippen LogP contribution is -2.45. The average Bonchev–Trinajstić information content (AvgIpc) is 3.13. The van der Waals surface area contributed by atoms with E-state index in [1.54, 1.807) is 12.1 Å². The molecule has 1 saturated carbocycles. The van der Waals surface area contributed by atoms with Crippen molar-refractivity contribution in [1.82, 2.24) is 15.6 Å². The Morgan fingerprint density at radius 1 is 1.06 bits per heavy atom. The topological polar surface area (TPSA) is 74.0 Å². The summed E-state index contributed by atoms with van der Waals surface area (Å²) in [7, 11) is 0. The van der Waals surface area contributed by atoms with E-state index in [1.807, 2.05) is 0 Å². The molecule has 2 fully saturated rings. The molecular formula is C25H24F3N3O2. The lowest BCUT2D eigenvalue weighted by atomic mass is 9.70. The summed E-state index contributed by atoms with van der Waals surface area (Å²) in [5.74, 6) is -1.65. The second kappa shape index (κ2) is 8.57. The molecule has 3 aromatic rings. The third-order valence-corrected chi connectivity index (χ3v) is 6.84. The highest BCUT2D eigenvalue weighted by Crippen LogP contribution is 2.48. The van der Waals surface area contributed by atoms with Crippen molar-refractivity contribution in [2.45, 2.75) is 31.6 Å². The van der Waals surface area contributed by atoms with Crippen LogP contribution in [0.25, 0.3) is 22.2 Å². The van der Waals surface area contributed by atoms with E-state index in [9.17, 15) is 22.8 Å². The van der Waals surface area contributed by atoms with Gasteiger partial charge in [0, 0.05) is 31.0 Å². The number of H-pyrrole nitrogens is 1. The van der Waals surface area contributed by atoms with Crippen molar-refractivity contribution < 1.29 is 22.8 Å². The van der Waals surface area contributed by atoms with E-state index in [-0.39, 0.29) is 40.9 Å². The zero-order valence-electron chi connectivity index (χ0n) is 17.9. The first kappa shape index (κ1) is 21.6. The first-order valence-corrected chi connectivity index (χ1v) is 11.2. The first-order chi connectivity index (χ1) is 15.9. The fourth-order valence-corrected chi connectivity index (χ4v) is 4.99. The van der Waals surface area contributed by atoms with Gasteiger partial charge in [-0.1, -0.05) is 0 Å². The van der Waals surface area contributed by atoms with Crippen LogP contribution in [0.15, 0.2) is 36.4 Å². The fourth-order valence-electron chi connectivity index (χ4n) is 4.99. The third-order valence-electron chi connectivity index (χ3n) is 6.84. The van der Waals surface area contributed by atoms with Crippen LogP contribution in [0, 0.1) is 29.3 Å². The molecule has 1 atom stereocenters. The maximum atomic E-state index is 14.5. The van der Waals surface area contributed by atoms with Crippen LogP contribution in [0.4, 0.5) is 13.2 Å². The zero-order chi connectivity index (χ0) is 23.1. The molecule has 33 heavy (non-hydrogen) atoms. The van der Waals surface area contributed by atoms with Crippen molar-refractivity contribution in [2.24, 2.45) is 11.8 Å². The highest BCUT2D eigenvalue weighted by atomic mass is 19.1. The average molecular weight is 455 g/mol. The number of fused-ring (bicyclic) bond motifs is 1. The van der Waals surface area contributed by atoms with Gasteiger partial charge in [-0.25, -0.2) is 13.2 Å². The second-order valence-electron chi connectivity index (χ2n) is 9.05. The SMILES string of the molecule is O=C1CCC(C(=O)NC[C@H]2C[C@@H](c3c(-c4ccc(F)cc4)[nH]c4c(F)cc(F)cc43)C2)CN1. The van der Waals surface area contributed by atoms with Gasteiger partial charge in [-0.2, -0.15) is 0 Å². The molecule has 2 heterocycles. The van der Waals surface area contributed by atoms with Crippen molar-refractivity contribution in [2.75, 3.05) is 13.1 Å². The number of amides is 2. The number of rotatable bonds is 5. The molecule has 1 aliphatic heterocycles. The molecule has 2 aliphatic rings. The van der Waals surface area contributed by atoms with E-state index in [2.05, 4.69) is 15.6 Å². The predicted molar refractivity (Wildman–Crippen MR) is 118 cm³/mol. The Balaban J connectivity index is 1.33. The second-order valence-corrected chi connectivity index (χ2v) is 9.05. The van der Waals surface area contributed by atoms with E-state index < -0.39 is 11.6 Å². The molecule has 1 saturated heterocycles. The molecule has 3 N–H and O–H groups in total. The predicted octanol–water partition coefficient (Wildman–Crippen LogP) is 4.39. The molecule has 5 nitrogen and oxygen atoms in total. The summed E-state index contributed by atoms with van der Waals surface area (Å²) in [6.45, 7) is 0.891. The van der Waals surface area contributed by atoms with Gasteiger partial charge in [0.15, 0.2) is 0 Å². The molecule has 2 amide bonds. The van der Waals surface area contributed by atoms with E-state index in [0.29, 0.717) is 42.6 Å². The van der Waals surface area contributed by atoms with Crippen LogP contribution in [0.3, 0.4) is 0 Å². The third kappa shape index (κ3) is 4.21. The van der Waals surface area contributed by atoms with Gasteiger partial charge < -0.3 is 15.6 Å². The maximum absolute atomic E-state index is 14.5. The molecule has 0 bridgehead atoms. The number of aromatic amines is 1. The molecule has 1 unspecified atom stereocenters. The minimum absolute atomic E-state index is 0.0237. The summed E-state index contributed by atoms with van der Waals surface area (Å²) in [5, 5.41) is 6.20. The van der Waals surface area contributed by atoms with E-state index in [0.717, 1.165) is 24.5 Å². The Morgan fingerprint density at radius 2 is 1.82 bits per heavy atom. The van der Waals surface area contributed by atoms with Crippen molar-refractivity contribution in [3.63, 3.8) is 0 Å². The maximum Gasteiger partial charge on any atom is 0.224 e. The van der Waals surface area contributed by atoms with Crippen LogP contribution in [0.2, 0.25) is 0 Å². The van der Waals surface area contributed by atoms with Crippen molar-refractivity contribution in [3.8, 4) is 11.3 Å². The van der Waals surface area contributed by atoms with Gasteiger partial charge in [-0.3, -0.25) is 9.59 Å². The van der Waals surface area contributed by atoms with Crippen LogP contribution in [0.1, 0.15) is 37.2 Å². The summed E-state index contributed by atoms with van der Waals surface area (Å²) < 4.78 is 42.0. The zero-order valence-corrected chi connectivity index (χ0v) is 17.9. The normalized spacial score (nSPS) is 22.6. The number of hydrogen-bond donors (Lipinski definition) is 3. The molecule has 5 rings (SSSR count). The quantitative estimate of drug-likeness (QED) is 0.534. The molecule has 2 aromatic carbocycles. The van der Waals surface area contributed by atoms with Crippen molar-refractivity contribution in [3.05, 3.63) is 59.4 Å². The number of halogens is 3. The summed E-state index contributed by atoms with van der Waals surface area (Å²) in [6, 6.07) is 8.12. The van der Waals surface area contributed by atoms with Gasteiger partial charge in [0.1, 0.15) is 17.5 Å². The summed E-state index contributed by atoms with van der Waals surface area (Å²) >= 11 is 0. The molecule has 8 heteroatoms. The Labute approximate surface area is 188 Å². The molecular weight excluding hydrogens is 431 g/mol. The van der Waals surface area contributed by atoms with Gasteiger partial charge in [-0.15, -0.1) is 0 Å². The molecule has 1 aliphatic carbocycles. The van der Waals surface area contributed by atoms with Gasteiger partial charge in [0.25, 0.3) is 0 Å². The lowest BCUT2D eigenvalue weighted by Gasteiger charge is -2.36. The smallest absolute Gasteiger partial charge is 0.224 e.